The van der Waals surface area contributed by atoms with Crippen molar-refractivity contribution in [2.75, 3.05) is 7.11 Å². The van der Waals surface area contributed by atoms with Gasteiger partial charge in [-0.1, -0.05) is 0 Å². The van der Waals surface area contributed by atoms with Crippen molar-refractivity contribution < 1.29 is 9.53 Å². The number of carbonyl (C=O) groups is 1. The summed E-state index contributed by atoms with van der Waals surface area (Å²) in [6.45, 7) is 0. The lowest BCUT2D eigenvalue weighted by Gasteiger charge is -2.10. The molecule has 0 saturated carbocycles. The molecule has 0 aliphatic heterocycles. The zero-order valence-corrected chi connectivity index (χ0v) is 8.88. The molecule has 2 N–H and O–H groups in total. The molecular weight excluding hydrogens is 204 g/mol. The van der Waals surface area contributed by atoms with E-state index in [1.54, 1.807) is 25.3 Å². The molecule has 16 heavy (non-hydrogen) atoms. The summed E-state index contributed by atoms with van der Waals surface area (Å²) in [5.41, 5.74) is 6.50. The van der Waals surface area contributed by atoms with Gasteiger partial charge in [0.2, 0.25) is 5.91 Å². The van der Waals surface area contributed by atoms with Crippen LogP contribution in [0.1, 0.15) is 10.4 Å². The number of hydrogen-bond donors (Lipinski definition) is 1. The first-order valence-electron chi connectivity index (χ1n) is 4.83. The highest BCUT2D eigenvalue weighted by Gasteiger charge is 2.08. The van der Waals surface area contributed by atoms with Crippen LogP contribution in [-0.4, -0.2) is 17.6 Å². The lowest BCUT2D eigenvalue weighted by atomic mass is 10.1. The first-order valence-corrected chi connectivity index (χ1v) is 4.83. The Morgan fingerprint density at radius 2 is 2.00 bits per heavy atom. The van der Waals surface area contributed by atoms with Crippen LogP contribution >= 0.6 is 0 Å². The molecule has 0 spiro atoms. The van der Waals surface area contributed by atoms with E-state index in [1.807, 2.05) is 29.1 Å². The average molecular weight is 216 g/mol. The number of nitrogens with zero attached hydrogens (tertiary/aromatic N) is 1. The van der Waals surface area contributed by atoms with Crippen molar-refractivity contribution in [1.82, 2.24) is 4.57 Å². The number of ether oxygens (including phenoxy) is 1. The number of carbonyl (C=O) groups excluding carboxylic acids is 1. The second-order valence-corrected chi connectivity index (χ2v) is 3.34. The molecule has 0 atom stereocenters. The van der Waals surface area contributed by atoms with Crippen LogP contribution < -0.4 is 10.5 Å². The Balaban J connectivity index is 2.56. The molecule has 82 valence electrons. The molecule has 1 aromatic heterocycles. The Labute approximate surface area is 93.3 Å². The van der Waals surface area contributed by atoms with E-state index >= 15 is 0 Å². The minimum atomic E-state index is -0.448. The van der Waals surface area contributed by atoms with E-state index in [1.165, 1.54) is 0 Å². The third-order valence-corrected chi connectivity index (χ3v) is 2.35. The highest BCUT2D eigenvalue weighted by Crippen LogP contribution is 2.23. The highest BCUT2D eigenvalue weighted by atomic mass is 16.5. The van der Waals surface area contributed by atoms with Crippen LogP contribution in [0.2, 0.25) is 0 Å². The summed E-state index contributed by atoms with van der Waals surface area (Å²) >= 11 is 0. The molecule has 0 aliphatic carbocycles. The third kappa shape index (κ3) is 1.77. The number of rotatable bonds is 3. The monoisotopic (exact) mass is 216 g/mol. The molecule has 0 saturated heterocycles. The van der Waals surface area contributed by atoms with Gasteiger partial charge in [0, 0.05) is 18.0 Å². The zero-order chi connectivity index (χ0) is 11.5. The van der Waals surface area contributed by atoms with Gasteiger partial charge < -0.3 is 15.0 Å². The van der Waals surface area contributed by atoms with Crippen LogP contribution in [0.5, 0.6) is 5.75 Å². The van der Waals surface area contributed by atoms with Crippen LogP contribution in [0.4, 0.5) is 0 Å². The Morgan fingerprint density at radius 1 is 1.31 bits per heavy atom. The summed E-state index contributed by atoms with van der Waals surface area (Å²) in [7, 11) is 1.59. The molecular formula is C12H12N2O2. The van der Waals surface area contributed by atoms with Crippen molar-refractivity contribution in [2.45, 2.75) is 0 Å². The molecule has 2 rings (SSSR count). The lowest BCUT2D eigenvalue weighted by Crippen LogP contribution is -2.11. The fraction of sp³-hybridized carbons (Fsp3) is 0.0833. The van der Waals surface area contributed by atoms with Crippen LogP contribution in [0.3, 0.4) is 0 Å². The highest BCUT2D eigenvalue weighted by molar-refractivity contribution is 5.93. The molecule has 4 nitrogen and oxygen atoms in total. The second kappa shape index (κ2) is 4.10. The summed E-state index contributed by atoms with van der Waals surface area (Å²) in [4.78, 5) is 11.1. The number of amides is 1. The van der Waals surface area contributed by atoms with Crippen molar-refractivity contribution >= 4 is 5.91 Å². The fourth-order valence-corrected chi connectivity index (χ4v) is 1.54. The Bertz CT molecular complexity index is 504. The van der Waals surface area contributed by atoms with Crippen LogP contribution in [0.15, 0.2) is 42.7 Å². The van der Waals surface area contributed by atoms with E-state index in [0.717, 1.165) is 5.69 Å². The maximum Gasteiger partial charge on any atom is 0.248 e. The Hall–Kier alpha value is -2.23. The molecule has 0 bridgehead atoms. The SMILES string of the molecule is COc1ccc(C(N)=O)cc1-n1cccc1. The minimum absolute atomic E-state index is 0.448. The van der Waals surface area contributed by atoms with Crippen LogP contribution in [-0.2, 0) is 0 Å². The van der Waals surface area contributed by atoms with E-state index in [4.69, 9.17) is 10.5 Å². The summed E-state index contributed by atoms with van der Waals surface area (Å²) in [6, 6.07) is 8.89. The number of aromatic nitrogens is 1. The fourth-order valence-electron chi connectivity index (χ4n) is 1.54. The van der Waals surface area contributed by atoms with Gasteiger partial charge in [0.25, 0.3) is 0 Å². The van der Waals surface area contributed by atoms with Crippen molar-refractivity contribution in [1.29, 1.82) is 0 Å². The lowest BCUT2D eigenvalue weighted by molar-refractivity contribution is 0.1000. The summed E-state index contributed by atoms with van der Waals surface area (Å²) in [5, 5.41) is 0. The topological polar surface area (TPSA) is 57.2 Å². The van der Waals surface area contributed by atoms with Crippen LogP contribution in [0, 0.1) is 0 Å². The molecule has 1 heterocycles. The molecule has 2 aromatic rings. The van der Waals surface area contributed by atoms with Gasteiger partial charge in [0.15, 0.2) is 0 Å². The predicted molar refractivity (Wildman–Crippen MR) is 60.8 cm³/mol. The van der Waals surface area contributed by atoms with Gasteiger partial charge in [-0.2, -0.15) is 0 Å². The molecule has 4 heteroatoms. The van der Waals surface area contributed by atoms with Gasteiger partial charge >= 0.3 is 0 Å². The van der Waals surface area contributed by atoms with Crippen molar-refractivity contribution in [3.63, 3.8) is 0 Å². The number of hydrogen-bond acceptors (Lipinski definition) is 2. The summed E-state index contributed by atoms with van der Waals surface area (Å²) in [5.74, 6) is 0.247. The third-order valence-electron chi connectivity index (χ3n) is 2.35. The maximum absolute atomic E-state index is 11.1. The van der Waals surface area contributed by atoms with Crippen LogP contribution in [0.25, 0.3) is 5.69 Å². The molecule has 1 aromatic carbocycles. The molecule has 1 amide bonds. The van der Waals surface area contributed by atoms with Gasteiger partial charge in [-0.15, -0.1) is 0 Å². The standard InChI is InChI=1S/C12H12N2O2/c1-16-11-5-4-9(12(13)15)8-10(11)14-6-2-3-7-14/h2-8H,1H3,(H2,13,15). The first kappa shape index (κ1) is 10.3. The maximum atomic E-state index is 11.1. The van der Waals surface area contributed by atoms with E-state index in [9.17, 15) is 4.79 Å². The molecule has 0 unspecified atom stereocenters. The molecule has 0 radical (unpaired) electrons. The van der Waals surface area contributed by atoms with Crippen molar-refractivity contribution in [3.8, 4) is 11.4 Å². The first-order chi connectivity index (χ1) is 7.72. The molecule has 0 aliphatic rings. The van der Waals surface area contributed by atoms with Gasteiger partial charge in [-0.3, -0.25) is 4.79 Å². The Morgan fingerprint density at radius 3 is 2.56 bits per heavy atom. The summed E-state index contributed by atoms with van der Waals surface area (Å²) in [6.07, 6.45) is 3.76. The smallest absolute Gasteiger partial charge is 0.248 e. The van der Waals surface area contributed by atoms with E-state index in [2.05, 4.69) is 0 Å². The number of nitrogens with two attached hydrogens (primary N) is 1. The summed E-state index contributed by atoms with van der Waals surface area (Å²) < 4.78 is 7.10. The van der Waals surface area contributed by atoms with E-state index in [-0.39, 0.29) is 0 Å². The number of primary amides is 1. The van der Waals surface area contributed by atoms with Gasteiger partial charge in [0.1, 0.15) is 5.75 Å². The number of methoxy groups -OCH3 is 1. The van der Waals surface area contributed by atoms with E-state index in [0.29, 0.717) is 11.3 Å². The zero-order valence-electron chi connectivity index (χ0n) is 8.88. The van der Waals surface area contributed by atoms with Crippen molar-refractivity contribution in [3.05, 3.63) is 48.3 Å². The van der Waals surface area contributed by atoms with E-state index < -0.39 is 5.91 Å². The van der Waals surface area contributed by atoms with Gasteiger partial charge in [0.05, 0.1) is 12.8 Å². The average Bonchev–Trinajstić information content (AvgIpc) is 2.81. The quantitative estimate of drug-likeness (QED) is 0.846. The number of benzene rings is 1. The van der Waals surface area contributed by atoms with Gasteiger partial charge in [-0.05, 0) is 30.3 Å². The van der Waals surface area contributed by atoms with Crippen molar-refractivity contribution in [2.24, 2.45) is 5.73 Å². The minimum Gasteiger partial charge on any atom is -0.495 e. The second-order valence-electron chi connectivity index (χ2n) is 3.34. The predicted octanol–water partition coefficient (Wildman–Crippen LogP) is 1.58. The molecule has 0 fully saturated rings. The Kier molecular flexibility index (Phi) is 2.64. The normalized spacial score (nSPS) is 10.1. The largest absolute Gasteiger partial charge is 0.495 e. The van der Waals surface area contributed by atoms with Gasteiger partial charge in [-0.25, -0.2) is 0 Å².